The van der Waals surface area contributed by atoms with Crippen LogP contribution in [0.5, 0.6) is 0 Å². The van der Waals surface area contributed by atoms with Gasteiger partial charge in [-0.25, -0.2) is 19.9 Å². The molecular weight excluding hydrogens is 443 g/mol. The van der Waals surface area contributed by atoms with Gasteiger partial charge < -0.3 is 15.8 Å². The Morgan fingerprint density at radius 1 is 1.24 bits per heavy atom. The highest BCUT2D eigenvalue weighted by molar-refractivity contribution is 8.15. The van der Waals surface area contributed by atoms with E-state index in [9.17, 15) is 0 Å². The van der Waals surface area contributed by atoms with Gasteiger partial charge in [0, 0.05) is 29.5 Å². The minimum Gasteiger partial charge on any atom is -0.383 e. The Kier molecular flexibility index (Phi) is 5.90. The van der Waals surface area contributed by atoms with Crippen LogP contribution in [0.15, 0.2) is 35.8 Å². The number of anilines is 2. The van der Waals surface area contributed by atoms with E-state index in [1.807, 2.05) is 26.8 Å². The minimum absolute atomic E-state index is 0.125. The molecule has 9 nitrogen and oxygen atoms in total. The maximum atomic E-state index is 15.1. The van der Waals surface area contributed by atoms with E-state index in [1.165, 1.54) is 30.5 Å². The van der Waals surface area contributed by atoms with Crippen LogP contribution in [0.1, 0.15) is 31.9 Å². The molecule has 1 aliphatic heterocycles. The van der Waals surface area contributed by atoms with Crippen molar-refractivity contribution >= 4 is 39.5 Å². The molecular formula is C22H23FN8OS. The standard InChI is InChI=1S/C22H23FN8OS/c1-12-21(2,10-32-4)33-20(25)31-22(12,3)15-6-14(9-27-18(15)23)30-19-17-16(28-11-29-19)5-13(7-24)8-26-17/h5-6,8-9,11-12H,10H2,1-4H3,(H2,25,31)(H,28,29,30)/t12-,21-,22+/m1/s1. The molecule has 0 aliphatic carbocycles. The summed E-state index contributed by atoms with van der Waals surface area (Å²) in [6.45, 7) is 6.33. The van der Waals surface area contributed by atoms with Crippen molar-refractivity contribution in [3.05, 3.63) is 47.9 Å². The van der Waals surface area contributed by atoms with E-state index in [0.29, 0.717) is 45.4 Å². The number of fused-ring (bicyclic) bond motifs is 1. The van der Waals surface area contributed by atoms with E-state index in [4.69, 9.17) is 15.7 Å². The van der Waals surface area contributed by atoms with Gasteiger partial charge in [-0.15, -0.1) is 0 Å². The van der Waals surface area contributed by atoms with E-state index in [1.54, 1.807) is 19.2 Å². The van der Waals surface area contributed by atoms with E-state index in [0.717, 1.165) is 0 Å². The highest BCUT2D eigenvalue weighted by atomic mass is 32.2. The van der Waals surface area contributed by atoms with E-state index >= 15 is 4.39 Å². The van der Waals surface area contributed by atoms with Gasteiger partial charge in [0.25, 0.3) is 0 Å². The van der Waals surface area contributed by atoms with Crippen LogP contribution < -0.4 is 11.1 Å². The molecule has 0 aromatic carbocycles. The predicted octanol–water partition coefficient (Wildman–Crippen LogP) is 3.49. The lowest BCUT2D eigenvalue weighted by Crippen LogP contribution is -2.50. The molecule has 4 heterocycles. The number of nitriles is 1. The number of halogens is 1. The summed E-state index contributed by atoms with van der Waals surface area (Å²) in [4.78, 5) is 21.3. The highest BCUT2D eigenvalue weighted by Crippen LogP contribution is 2.50. The van der Waals surface area contributed by atoms with Gasteiger partial charge in [-0.05, 0) is 26.0 Å². The molecule has 11 heteroatoms. The number of hydrogen-bond donors (Lipinski definition) is 2. The first-order chi connectivity index (χ1) is 15.7. The quantitative estimate of drug-likeness (QED) is 0.542. The Morgan fingerprint density at radius 2 is 2.03 bits per heavy atom. The lowest BCUT2D eigenvalue weighted by atomic mass is 9.74. The third kappa shape index (κ3) is 4.07. The molecule has 0 spiro atoms. The number of thioether (sulfide) groups is 1. The topological polar surface area (TPSA) is 135 Å². The van der Waals surface area contributed by atoms with Crippen LogP contribution >= 0.6 is 11.8 Å². The van der Waals surface area contributed by atoms with E-state index in [-0.39, 0.29) is 5.92 Å². The third-order valence-electron chi connectivity index (χ3n) is 6.12. The summed E-state index contributed by atoms with van der Waals surface area (Å²) >= 11 is 1.43. The SMILES string of the molecule is COC[C@@]1(C)SC(N)=N[C@](C)(c2cc(Nc3ncnc4cc(C#N)cnc34)cnc2F)[C@@H]1C. The number of nitrogens with one attached hydrogen (secondary N) is 1. The number of amidine groups is 1. The number of aliphatic imine (C=N–C) groups is 1. The molecule has 0 amide bonds. The molecule has 4 rings (SSSR count). The van der Waals surface area contributed by atoms with Crippen molar-refractivity contribution in [3.63, 3.8) is 0 Å². The van der Waals surface area contributed by atoms with Crippen molar-refractivity contribution in [3.8, 4) is 6.07 Å². The van der Waals surface area contributed by atoms with Gasteiger partial charge in [-0.2, -0.15) is 9.65 Å². The summed E-state index contributed by atoms with van der Waals surface area (Å²) in [6, 6.07) is 5.33. The molecule has 33 heavy (non-hydrogen) atoms. The van der Waals surface area contributed by atoms with Crippen molar-refractivity contribution in [2.24, 2.45) is 16.6 Å². The number of nitrogens with two attached hydrogens (primary N) is 1. The highest BCUT2D eigenvalue weighted by Gasteiger charge is 2.50. The Balaban J connectivity index is 1.76. The van der Waals surface area contributed by atoms with Crippen LogP contribution in [0, 0.1) is 23.2 Å². The van der Waals surface area contributed by atoms with Crippen LogP contribution in [-0.4, -0.2) is 43.6 Å². The van der Waals surface area contributed by atoms with Crippen LogP contribution in [0.4, 0.5) is 15.9 Å². The number of pyridine rings is 2. The van der Waals surface area contributed by atoms with Gasteiger partial charge in [-0.3, -0.25) is 4.99 Å². The summed E-state index contributed by atoms with van der Waals surface area (Å²) in [6.07, 6.45) is 4.19. The van der Waals surface area contributed by atoms with Gasteiger partial charge in [0.05, 0.1) is 35.1 Å². The average molecular weight is 467 g/mol. The Morgan fingerprint density at radius 3 is 2.76 bits per heavy atom. The molecule has 3 atom stereocenters. The van der Waals surface area contributed by atoms with Crippen molar-refractivity contribution in [2.45, 2.75) is 31.1 Å². The summed E-state index contributed by atoms with van der Waals surface area (Å²) in [5.41, 5.74) is 7.40. The van der Waals surface area contributed by atoms with Crippen molar-refractivity contribution in [1.29, 1.82) is 5.26 Å². The number of hydrogen-bond acceptors (Lipinski definition) is 10. The second-order valence-corrected chi connectivity index (χ2v) is 9.84. The van der Waals surface area contributed by atoms with Gasteiger partial charge >= 0.3 is 0 Å². The molecule has 0 radical (unpaired) electrons. The molecule has 1 aliphatic rings. The average Bonchev–Trinajstić information content (AvgIpc) is 2.78. The summed E-state index contributed by atoms with van der Waals surface area (Å²) in [7, 11) is 1.63. The normalized spacial score (nSPS) is 24.8. The molecule has 3 N–H and O–H groups in total. The summed E-state index contributed by atoms with van der Waals surface area (Å²) in [5.74, 6) is -0.337. The smallest absolute Gasteiger partial charge is 0.218 e. The van der Waals surface area contributed by atoms with Gasteiger partial charge in [-0.1, -0.05) is 18.7 Å². The first kappa shape index (κ1) is 22.8. The molecule has 3 aromatic rings. The monoisotopic (exact) mass is 466 g/mol. The van der Waals surface area contributed by atoms with Crippen LogP contribution in [0.2, 0.25) is 0 Å². The Bertz CT molecular complexity index is 1300. The number of rotatable bonds is 5. The molecule has 0 saturated carbocycles. The fourth-order valence-electron chi connectivity index (χ4n) is 4.11. The number of aromatic nitrogens is 4. The molecule has 3 aromatic heterocycles. The second kappa shape index (κ2) is 8.53. The van der Waals surface area contributed by atoms with Gasteiger partial charge in [0.1, 0.15) is 17.9 Å². The first-order valence-corrected chi connectivity index (χ1v) is 11.0. The Hall–Kier alpha value is -3.36. The Labute approximate surface area is 194 Å². The molecule has 0 bridgehead atoms. The second-order valence-electron chi connectivity index (χ2n) is 8.28. The summed E-state index contributed by atoms with van der Waals surface area (Å²) in [5, 5.41) is 12.6. The number of ether oxygens (including phenoxy) is 1. The maximum Gasteiger partial charge on any atom is 0.218 e. The number of nitrogens with zero attached hydrogens (tertiary/aromatic N) is 6. The van der Waals surface area contributed by atoms with Crippen LogP contribution in [0.25, 0.3) is 11.0 Å². The first-order valence-electron chi connectivity index (χ1n) is 10.2. The molecule has 0 unspecified atom stereocenters. The molecule has 170 valence electrons. The van der Waals surface area contributed by atoms with Gasteiger partial charge in [0.2, 0.25) is 5.95 Å². The van der Waals surface area contributed by atoms with E-state index < -0.39 is 16.2 Å². The maximum absolute atomic E-state index is 15.1. The summed E-state index contributed by atoms with van der Waals surface area (Å²) < 4.78 is 20.1. The number of methoxy groups -OCH3 is 1. The van der Waals surface area contributed by atoms with Crippen molar-refractivity contribution in [2.75, 3.05) is 19.0 Å². The fraction of sp³-hybridized carbons (Fsp3) is 0.364. The lowest BCUT2D eigenvalue weighted by molar-refractivity contribution is 0.124. The third-order valence-corrected chi connectivity index (χ3v) is 7.36. The van der Waals surface area contributed by atoms with Crippen molar-refractivity contribution in [1.82, 2.24) is 19.9 Å². The largest absolute Gasteiger partial charge is 0.383 e. The van der Waals surface area contributed by atoms with E-state index in [2.05, 4.69) is 30.2 Å². The van der Waals surface area contributed by atoms with Crippen LogP contribution in [-0.2, 0) is 10.3 Å². The molecule has 0 saturated heterocycles. The van der Waals surface area contributed by atoms with Crippen LogP contribution in [0.3, 0.4) is 0 Å². The lowest BCUT2D eigenvalue weighted by Gasteiger charge is -2.47. The van der Waals surface area contributed by atoms with Crippen molar-refractivity contribution < 1.29 is 9.13 Å². The van der Waals surface area contributed by atoms with Gasteiger partial charge in [0.15, 0.2) is 11.0 Å². The zero-order valence-electron chi connectivity index (χ0n) is 18.6. The zero-order chi connectivity index (χ0) is 23.8. The predicted molar refractivity (Wildman–Crippen MR) is 126 cm³/mol. The fourth-order valence-corrected chi connectivity index (χ4v) is 5.41. The molecule has 0 fully saturated rings. The zero-order valence-corrected chi connectivity index (χ0v) is 19.4. The minimum atomic E-state index is -0.967.